The Kier molecular flexibility index (Phi) is 3.52. The molecule has 7 heteroatoms. The number of hydrogen-bond donors (Lipinski definition) is 1. The van der Waals surface area contributed by atoms with Gasteiger partial charge in [0.1, 0.15) is 0 Å². The highest BCUT2D eigenvalue weighted by Gasteiger charge is 2.18. The third-order valence-corrected chi connectivity index (χ3v) is 1.91. The second-order valence-corrected chi connectivity index (χ2v) is 3.08. The van der Waals surface area contributed by atoms with Crippen LogP contribution in [0, 0.1) is 5.95 Å². The smallest absolute Gasteiger partial charge is 0.309 e. The molecule has 0 spiro atoms. The predicted molar refractivity (Wildman–Crippen MR) is 45.5 cm³/mol. The summed E-state index contributed by atoms with van der Waals surface area (Å²) >= 11 is 5.46. The first kappa shape index (κ1) is 11.8. The van der Waals surface area contributed by atoms with E-state index in [9.17, 15) is 18.0 Å². The van der Waals surface area contributed by atoms with E-state index in [1.165, 1.54) is 0 Å². The molecule has 0 bridgehead atoms. The van der Waals surface area contributed by atoms with Crippen LogP contribution in [0.2, 0.25) is 5.02 Å². The van der Waals surface area contributed by atoms with E-state index in [2.05, 4.69) is 4.98 Å². The molecular weight excluding hydrogens is 235 g/mol. The van der Waals surface area contributed by atoms with Gasteiger partial charge in [0, 0.05) is 0 Å². The Morgan fingerprint density at radius 3 is 2.67 bits per heavy atom. The Bertz CT molecular complexity index is 398. The Balaban J connectivity index is 3.13. The number of nitrogens with zero attached hydrogens (tertiary/aromatic N) is 1. The average molecular weight is 240 g/mol. The summed E-state index contributed by atoms with van der Waals surface area (Å²) < 4.78 is 37.2. The summed E-state index contributed by atoms with van der Waals surface area (Å²) in [6.45, 7) is 0. The molecule has 1 aromatic heterocycles. The van der Waals surface area contributed by atoms with E-state index in [4.69, 9.17) is 16.7 Å². The summed E-state index contributed by atoms with van der Waals surface area (Å²) in [5.41, 5.74) is -1.21. The molecule has 0 aliphatic rings. The van der Waals surface area contributed by atoms with E-state index in [0.717, 1.165) is 0 Å². The van der Waals surface area contributed by atoms with E-state index < -0.39 is 30.3 Å². The van der Waals surface area contributed by atoms with Crippen molar-refractivity contribution in [2.45, 2.75) is 12.8 Å². The van der Waals surface area contributed by atoms with Crippen LogP contribution in [-0.4, -0.2) is 16.1 Å². The summed E-state index contributed by atoms with van der Waals surface area (Å²) in [6.07, 6.45) is -3.65. The zero-order valence-electron chi connectivity index (χ0n) is 7.18. The summed E-state index contributed by atoms with van der Waals surface area (Å²) in [5.74, 6) is -2.67. The van der Waals surface area contributed by atoms with Gasteiger partial charge in [0.15, 0.2) is 0 Å². The van der Waals surface area contributed by atoms with Gasteiger partial charge in [-0.05, 0) is 6.07 Å². The Hall–Kier alpha value is -1.30. The van der Waals surface area contributed by atoms with Crippen LogP contribution >= 0.6 is 11.6 Å². The van der Waals surface area contributed by atoms with Crippen LogP contribution in [0.3, 0.4) is 0 Å². The van der Waals surface area contributed by atoms with Crippen LogP contribution in [0.5, 0.6) is 0 Å². The quantitative estimate of drug-likeness (QED) is 0.824. The van der Waals surface area contributed by atoms with Crippen molar-refractivity contribution < 1.29 is 23.1 Å². The minimum atomic E-state index is -3.03. The molecule has 0 atom stereocenters. The number of carboxylic acid groups (broad SMARTS) is 1. The second-order valence-electron chi connectivity index (χ2n) is 2.67. The first-order valence-electron chi connectivity index (χ1n) is 3.76. The van der Waals surface area contributed by atoms with Crippen molar-refractivity contribution in [3.8, 4) is 0 Å². The number of carboxylic acids is 1. The topological polar surface area (TPSA) is 50.2 Å². The molecule has 0 saturated carbocycles. The lowest BCUT2D eigenvalue weighted by atomic mass is 10.2. The largest absolute Gasteiger partial charge is 0.481 e. The van der Waals surface area contributed by atoms with Gasteiger partial charge in [-0.15, -0.1) is 0 Å². The van der Waals surface area contributed by atoms with E-state index in [1.54, 1.807) is 0 Å². The Morgan fingerprint density at radius 1 is 1.60 bits per heavy atom. The summed E-state index contributed by atoms with van der Waals surface area (Å²) in [4.78, 5) is 13.4. The highest BCUT2D eigenvalue weighted by atomic mass is 35.5. The molecule has 0 aliphatic heterocycles. The molecule has 0 amide bonds. The van der Waals surface area contributed by atoms with Gasteiger partial charge in [0.2, 0.25) is 5.95 Å². The van der Waals surface area contributed by atoms with Gasteiger partial charge in [-0.2, -0.15) is 4.39 Å². The highest BCUT2D eigenvalue weighted by Crippen LogP contribution is 2.26. The molecule has 15 heavy (non-hydrogen) atoms. The van der Waals surface area contributed by atoms with Gasteiger partial charge in [0.25, 0.3) is 6.43 Å². The van der Waals surface area contributed by atoms with Crippen LogP contribution in [0.25, 0.3) is 0 Å². The molecule has 0 fully saturated rings. The fraction of sp³-hybridized carbons (Fsp3) is 0.250. The summed E-state index contributed by atoms with van der Waals surface area (Å²) in [6, 6.07) is 0.687. The highest BCUT2D eigenvalue weighted by molar-refractivity contribution is 6.31. The van der Waals surface area contributed by atoms with Crippen LogP contribution < -0.4 is 0 Å². The molecule has 1 N–H and O–H groups in total. The van der Waals surface area contributed by atoms with Gasteiger partial charge >= 0.3 is 5.97 Å². The fourth-order valence-electron chi connectivity index (χ4n) is 0.936. The number of hydrogen-bond acceptors (Lipinski definition) is 2. The number of carbonyl (C=O) groups is 1. The maximum Gasteiger partial charge on any atom is 0.309 e. The molecule has 1 heterocycles. The number of aromatic nitrogens is 1. The Morgan fingerprint density at radius 2 is 2.20 bits per heavy atom. The molecule has 82 valence electrons. The minimum absolute atomic E-state index is 0.272. The second kappa shape index (κ2) is 4.48. The zero-order valence-corrected chi connectivity index (χ0v) is 7.93. The van der Waals surface area contributed by atoms with Crippen molar-refractivity contribution >= 4 is 17.6 Å². The van der Waals surface area contributed by atoms with Crippen molar-refractivity contribution in [1.29, 1.82) is 0 Å². The molecule has 0 unspecified atom stereocenters. The van der Waals surface area contributed by atoms with Crippen molar-refractivity contribution in [3.63, 3.8) is 0 Å². The SMILES string of the molecule is O=C(O)Cc1nc(F)c(C(F)F)cc1Cl. The van der Waals surface area contributed by atoms with Crippen molar-refractivity contribution in [3.05, 3.63) is 28.3 Å². The molecule has 0 aromatic carbocycles. The lowest BCUT2D eigenvalue weighted by molar-refractivity contribution is -0.136. The third-order valence-electron chi connectivity index (χ3n) is 1.58. The summed E-state index contributed by atoms with van der Waals surface area (Å²) in [7, 11) is 0. The van der Waals surface area contributed by atoms with Crippen LogP contribution in [0.15, 0.2) is 6.07 Å². The van der Waals surface area contributed by atoms with Crippen molar-refractivity contribution in [2.75, 3.05) is 0 Å². The van der Waals surface area contributed by atoms with Crippen LogP contribution in [-0.2, 0) is 11.2 Å². The average Bonchev–Trinajstić information content (AvgIpc) is 2.09. The molecule has 0 saturated heterocycles. The lowest BCUT2D eigenvalue weighted by Crippen LogP contribution is -2.06. The molecular formula is C8H5ClF3NO2. The number of halogens is 4. The third kappa shape index (κ3) is 2.82. The van der Waals surface area contributed by atoms with Gasteiger partial charge in [0.05, 0.1) is 22.7 Å². The first-order valence-corrected chi connectivity index (χ1v) is 4.14. The zero-order chi connectivity index (χ0) is 11.6. The van der Waals surface area contributed by atoms with E-state index in [1.807, 2.05) is 0 Å². The molecule has 1 aromatic rings. The molecule has 0 aliphatic carbocycles. The standard InChI is InChI=1S/C8H5ClF3NO2/c9-4-1-3(7(10)11)8(12)13-5(4)2-6(14)15/h1,7H,2H2,(H,14,15). The van der Waals surface area contributed by atoms with Gasteiger partial charge in [-0.25, -0.2) is 13.8 Å². The summed E-state index contributed by atoms with van der Waals surface area (Å²) in [5, 5.41) is 8.11. The lowest BCUT2D eigenvalue weighted by Gasteiger charge is -2.05. The maximum atomic E-state index is 12.9. The van der Waals surface area contributed by atoms with Crippen LogP contribution in [0.4, 0.5) is 13.2 Å². The number of alkyl halides is 2. The number of rotatable bonds is 3. The monoisotopic (exact) mass is 239 g/mol. The van der Waals surface area contributed by atoms with Crippen molar-refractivity contribution in [1.82, 2.24) is 4.98 Å². The predicted octanol–water partition coefficient (Wildman–Crippen LogP) is 2.44. The van der Waals surface area contributed by atoms with E-state index in [-0.39, 0.29) is 10.7 Å². The van der Waals surface area contributed by atoms with Crippen molar-refractivity contribution in [2.24, 2.45) is 0 Å². The van der Waals surface area contributed by atoms with Crippen LogP contribution in [0.1, 0.15) is 17.7 Å². The fourth-order valence-corrected chi connectivity index (χ4v) is 1.16. The number of aliphatic carboxylic acids is 1. The van der Waals surface area contributed by atoms with Gasteiger partial charge < -0.3 is 5.11 Å². The number of pyridine rings is 1. The normalized spacial score (nSPS) is 10.7. The molecule has 1 rings (SSSR count). The molecule has 0 radical (unpaired) electrons. The van der Waals surface area contributed by atoms with Gasteiger partial charge in [-0.3, -0.25) is 4.79 Å². The van der Waals surface area contributed by atoms with E-state index >= 15 is 0 Å². The Labute approximate surface area is 87.5 Å². The maximum absolute atomic E-state index is 12.9. The van der Waals surface area contributed by atoms with Gasteiger partial charge in [-0.1, -0.05) is 11.6 Å². The van der Waals surface area contributed by atoms with E-state index in [0.29, 0.717) is 6.07 Å². The minimum Gasteiger partial charge on any atom is -0.481 e. The first-order chi connectivity index (χ1) is 6.91. The molecule has 3 nitrogen and oxygen atoms in total.